The van der Waals surface area contributed by atoms with E-state index in [0.29, 0.717) is 6.54 Å². The summed E-state index contributed by atoms with van der Waals surface area (Å²) in [6.07, 6.45) is 1.67. The van der Waals surface area contributed by atoms with Gasteiger partial charge in [-0.25, -0.2) is 0 Å². The highest BCUT2D eigenvalue weighted by Gasteiger charge is 2.20. The Labute approximate surface area is 103 Å². The third-order valence-corrected chi connectivity index (χ3v) is 2.63. The fourth-order valence-corrected chi connectivity index (χ4v) is 1.43. The van der Waals surface area contributed by atoms with Crippen LogP contribution in [0.4, 0.5) is 0 Å². The molecule has 2 N–H and O–H groups in total. The number of rotatable bonds is 8. The highest BCUT2D eigenvalue weighted by molar-refractivity contribution is 5.79. The highest BCUT2D eigenvalue weighted by atomic mass is 16.4. The Morgan fingerprint density at radius 3 is 2.24 bits per heavy atom. The molecule has 0 aliphatic carbocycles. The van der Waals surface area contributed by atoms with E-state index < -0.39 is 5.97 Å². The standard InChI is InChI=1S/C12H24N2O3/c1-5-7-14(9-11(16)17)8-10(15)13-12(3,4)6-2/h5-9H2,1-4H3,(H,13,15)(H,16,17). The molecule has 0 saturated carbocycles. The van der Waals surface area contributed by atoms with Gasteiger partial charge in [-0.15, -0.1) is 0 Å². The molecule has 0 unspecified atom stereocenters. The van der Waals surface area contributed by atoms with Crippen LogP contribution in [0.2, 0.25) is 0 Å². The summed E-state index contributed by atoms with van der Waals surface area (Å²) in [5, 5.41) is 11.6. The van der Waals surface area contributed by atoms with Gasteiger partial charge in [0.05, 0.1) is 13.1 Å². The van der Waals surface area contributed by atoms with Gasteiger partial charge in [-0.05, 0) is 33.2 Å². The van der Waals surface area contributed by atoms with Crippen LogP contribution in [0.1, 0.15) is 40.5 Å². The molecule has 0 aliphatic rings. The Bertz CT molecular complexity index is 264. The van der Waals surface area contributed by atoms with Crippen molar-refractivity contribution in [1.82, 2.24) is 10.2 Å². The highest BCUT2D eigenvalue weighted by Crippen LogP contribution is 2.06. The molecule has 0 aromatic carbocycles. The van der Waals surface area contributed by atoms with E-state index in [-0.39, 0.29) is 24.5 Å². The second kappa shape index (κ2) is 7.27. The molecule has 5 nitrogen and oxygen atoms in total. The molecule has 100 valence electrons. The van der Waals surface area contributed by atoms with Crippen molar-refractivity contribution in [2.45, 2.75) is 46.1 Å². The maximum absolute atomic E-state index is 11.7. The van der Waals surface area contributed by atoms with Crippen LogP contribution in [0, 0.1) is 0 Å². The zero-order valence-electron chi connectivity index (χ0n) is 11.2. The van der Waals surface area contributed by atoms with Crippen LogP contribution < -0.4 is 5.32 Å². The first-order valence-electron chi connectivity index (χ1n) is 6.06. The summed E-state index contributed by atoms with van der Waals surface area (Å²) in [6, 6.07) is 0. The van der Waals surface area contributed by atoms with Crippen LogP contribution in [0.25, 0.3) is 0 Å². The van der Waals surface area contributed by atoms with Gasteiger partial charge in [0.1, 0.15) is 0 Å². The van der Waals surface area contributed by atoms with Gasteiger partial charge in [-0.2, -0.15) is 0 Å². The van der Waals surface area contributed by atoms with Crippen LogP contribution in [-0.4, -0.2) is 47.1 Å². The van der Waals surface area contributed by atoms with E-state index in [1.807, 2.05) is 27.7 Å². The van der Waals surface area contributed by atoms with Gasteiger partial charge in [0.25, 0.3) is 0 Å². The molecular formula is C12H24N2O3. The number of nitrogens with one attached hydrogen (secondary N) is 1. The van der Waals surface area contributed by atoms with Gasteiger partial charge in [0.15, 0.2) is 0 Å². The summed E-state index contributed by atoms with van der Waals surface area (Å²) in [6.45, 7) is 8.53. The largest absolute Gasteiger partial charge is 0.480 e. The fraction of sp³-hybridized carbons (Fsp3) is 0.833. The number of aliphatic carboxylic acids is 1. The topological polar surface area (TPSA) is 69.6 Å². The number of carbonyl (C=O) groups excluding carboxylic acids is 1. The van der Waals surface area contributed by atoms with Gasteiger partial charge >= 0.3 is 5.97 Å². The molecule has 17 heavy (non-hydrogen) atoms. The quantitative estimate of drug-likeness (QED) is 0.670. The molecule has 0 radical (unpaired) electrons. The smallest absolute Gasteiger partial charge is 0.317 e. The van der Waals surface area contributed by atoms with Crippen molar-refractivity contribution in [3.05, 3.63) is 0 Å². The average Bonchev–Trinajstić information content (AvgIpc) is 2.16. The van der Waals surface area contributed by atoms with Gasteiger partial charge in [0, 0.05) is 5.54 Å². The van der Waals surface area contributed by atoms with E-state index in [4.69, 9.17) is 5.11 Å². The Morgan fingerprint density at radius 2 is 1.82 bits per heavy atom. The van der Waals surface area contributed by atoms with E-state index >= 15 is 0 Å². The molecule has 1 amide bonds. The number of carboxylic acid groups (broad SMARTS) is 1. The van der Waals surface area contributed by atoms with Gasteiger partial charge in [-0.1, -0.05) is 13.8 Å². The maximum Gasteiger partial charge on any atom is 0.317 e. The molecule has 0 rings (SSSR count). The van der Waals surface area contributed by atoms with Crippen molar-refractivity contribution in [1.29, 1.82) is 0 Å². The number of carboxylic acids is 1. The van der Waals surface area contributed by atoms with Crippen LogP contribution in [-0.2, 0) is 9.59 Å². The molecule has 0 heterocycles. The molecule has 0 atom stereocenters. The van der Waals surface area contributed by atoms with Crippen molar-refractivity contribution < 1.29 is 14.7 Å². The molecule has 5 heteroatoms. The molecule has 0 aromatic rings. The minimum Gasteiger partial charge on any atom is -0.480 e. The van der Waals surface area contributed by atoms with Crippen molar-refractivity contribution >= 4 is 11.9 Å². The predicted octanol–water partition coefficient (Wildman–Crippen LogP) is 1.09. The monoisotopic (exact) mass is 244 g/mol. The number of nitrogens with zero attached hydrogens (tertiary/aromatic N) is 1. The number of amides is 1. The van der Waals surface area contributed by atoms with Gasteiger partial charge < -0.3 is 10.4 Å². The lowest BCUT2D eigenvalue weighted by molar-refractivity contribution is -0.138. The summed E-state index contributed by atoms with van der Waals surface area (Å²) in [4.78, 5) is 24.0. The molecule has 0 fully saturated rings. The van der Waals surface area contributed by atoms with Gasteiger partial charge in [-0.3, -0.25) is 14.5 Å². The summed E-state index contributed by atoms with van der Waals surface area (Å²) in [5.74, 6) is -1.02. The predicted molar refractivity (Wildman–Crippen MR) is 66.9 cm³/mol. The zero-order valence-corrected chi connectivity index (χ0v) is 11.2. The van der Waals surface area contributed by atoms with Crippen LogP contribution >= 0.6 is 0 Å². The minimum absolute atomic E-state index is 0.0895. The normalized spacial score (nSPS) is 11.6. The third kappa shape index (κ3) is 7.74. The first-order valence-corrected chi connectivity index (χ1v) is 6.06. The van der Waals surface area contributed by atoms with Crippen LogP contribution in [0.15, 0.2) is 0 Å². The van der Waals surface area contributed by atoms with Crippen molar-refractivity contribution in [3.8, 4) is 0 Å². The molecular weight excluding hydrogens is 220 g/mol. The number of hydrogen-bond donors (Lipinski definition) is 2. The number of carbonyl (C=O) groups is 2. The summed E-state index contributed by atoms with van der Waals surface area (Å²) in [7, 11) is 0. The first-order chi connectivity index (χ1) is 7.80. The van der Waals surface area contributed by atoms with Crippen molar-refractivity contribution in [2.24, 2.45) is 0 Å². The van der Waals surface area contributed by atoms with Crippen molar-refractivity contribution in [2.75, 3.05) is 19.6 Å². The van der Waals surface area contributed by atoms with Gasteiger partial charge in [0.2, 0.25) is 5.91 Å². The zero-order chi connectivity index (χ0) is 13.5. The molecule has 0 saturated heterocycles. The van der Waals surface area contributed by atoms with Crippen molar-refractivity contribution in [3.63, 3.8) is 0 Å². The molecule has 0 bridgehead atoms. The van der Waals surface area contributed by atoms with E-state index in [2.05, 4.69) is 5.32 Å². The molecule has 0 spiro atoms. The minimum atomic E-state index is -0.902. The number of hydrogen-bond acceptors (Lipinski definition) is 3. The summed E-state index contributed by atoms with van der Waals surface area (Å²) in [5.41, 5.74) is -0.238. The second-order valence-electron chi connectivity index (χ2n) is 4.89. The summed E-state index contributed by atoms with van der Waals surface area (Å²) < 4.78 is 0. The lowest BCUT2D eigenvalue weighted by Gasteiger charge is -2.26. The maximum atomic E-state index is 11.7. The van der Waals surface area contributed by atoms with Crippen LogP contribution in [0.3, 0.4) is 0 Å². The Balaban J connectivity index is 4.25. The SMILES string of the molecule is CCCN(CC(=O)O)CC(=O)NC(C)(C)CC. The molecule has 0 aliphatic heterocycles. The Morgan fingerprint density at radius 1 is 1.24 bits per heavy atom. The van der Waals surface area contributed by atoms with E-state index in [1.165, 1.54) is 0 Å². The second-order valence-corrected chi connectivity index (χ2v) is 4.89. The lowest BCUT2D eigenvalue weighted by atomic mass is 10.0. The van der Waals surface area contributed by atoms with Crippen LogP contribution in [0.5, 0.6) is 0 Å². The Hall–Kier alpha value is -1.10. The average molecular weight is 244 g/mol. The Kier molecular flexibility index (Phi) is 6.80. The lowest BCUT2D eigenvalue weighted by Crippen LogP contribution is -2.48. The third-order valence-electron chi connectivity index (χ3n) is 2.63. The van der Waals surface area contributed by atoms with E-state index in [0.717, 1.165) is 12.8 Å². The first kappa shape index (κ1) is 15.9. The molecule has 0 aromatic heterocycles. The summed E-state index contributed by atoms with van der Waals surface area (Å²) >= 11 is 0. The fourth-order valence-electron chi connectivity index (χ4n) is 1.43. The van der Waals surface area contributed by atoms with E-state index in [1.54, 1.807) is 4.90 Å². The van der Waals surface area contributed by atoms with E-state index in [9.17, 15) is 9.59 Å².